The molecule has 0 saturated carbocycles. The topological polar surface area (TPSA) is 53.5 Å². The highest BCUT2D eigenvalue weighted by atomic mass is 16.2. The van der Waals surface area contributed by atoms with Crippen LogP contribution in [0.15, 0.2) is 29.3 Å². The zero-order chi connectivity index (χ0) is 11.9. The number of amides is 1. The summed E-state index contributed by atoms with van der Waals surface area (Å²) in [6, 6.07) is 8.16. The quantitative estimate of drug-likeness (QED) is 0.695. The highest BCUT2D eigenvalue weighted by molar-refractivity contribution is 6.09. The van der Waals surface area contributed by atoms with Crippen LogP contribution in [-0.4, -0.2) is 18.9 Å². The fourth-order valence-corrected chi connectivity index (χ4v) is 2.82. The third-order valence-electron chi connectivity index (χ3n) is 3.65. The smallest absolute Gasteiger partial charge is 0.257 e. The lowest BCUT2D eigenvalue weighted by atomic mass is 9.76. The molecule has 0 bridgehead atoms. The van der Waals surface area contributed by atoms with E-state index in [0.29, 0.717) is 5.96 Å². The Morgan fingerprint density at radius 1 is 1.35 bits per heavy atom. The highest BCUT2D eigenvalue weighted by Crippen LogP contribution is 2.37. The molecule has 4 heteroatoms. The second-order valence-electron chi connectivity index (χ2n) is 4.57. The van der Waals surface area contributed by atoms with Crippen molar-refractivity contribution < 1.29 is 4.79 Å². The standard InChI is InChI=1S/C13H15N3O/c1-14-12-15-11(17)13(16-12)8-4-6-9-5-2-3-7-10(9)13/h2-3,5,7H,4,6,8H2,1H3,(H2,14,15,16,17). The van der Waals surface area contributed by atoms with E-state index in [-0.39, 0.29) is 5.91 Å². The van der Waals surface area contributed by atoms with E-state index in [1.54, 1.807) is 7.05 Å². The molecule has 1 aromatic rings. The summed E-state index contributed by atoms with van der Waals surface area (Å²) in [6.07, 6.45) is 2.90. The highest BCUT2D eigenvalue weighted by Gasteiger charge is 2.48. The lowest BCUT2D eigenvalue weighted by molar-refractivity contribution is -0.124. The van der Waals surface area contributed by atoms with E-state index < -0.39 is 5.54 Å². The number of guanidine groups is 1. The Morgan fingerprint density at radius 2 is 2.18 bits per heavy atom. The summed E-state index contributed by atoms with van der Waals surface area (Å²) in [5, 5.41) is 6.06. The fraction of sp³-hybridized carbons (Fsp3) is 0.385. The van der Waals surface area contributed by atoms with Gasteiger partial charge in [0.15, 0.2) is 5.96 Å². The predicted molar refractivity (Wildman–Crippen MR) is 65.7 cm³/mol. The minimum Gasteiger partial charge on any atom is -0.338 e. The van der Waals surface area contributed by atoms with E-state index >= 15 is 0 Å². The molecule has 88 valence electrons. The first-order chi connectivity index (χ1) is 8.26. The number of carbonyl (C=O) groups is 1. The number of hydrogen-bond donors (Lipinski definition) is 2. The zero-order valence-corrected chi connectivity index (χ0v) is 9.79. The van der Waals surface area contributed by atoms with Crippen molar-refractivity contribution in [2.75, 3.05) is 7.05 Å². The van der Waals surface area contributed by atoms with Crippen LogP contribution in [0, 0.1) is 0 Å². The molecule has 0 aromatic heterocycles. The molecule has 1 aliphatic carbocycles. The average molecular weight is 229 g/mol. The van der Waals surface area contributed by atoms with E-state index in [1.807, 2.05) is 18.2 Å². The second kappa shape index (κ2) is 3.58. The normalized spacial score (nSPS) is 29.0. The lowest BCUT2D eigenvalue weighted by Gasteiger charge is -2.33. The van der Waals surface area contributed by atoms with Gasteiger partial charge in [0.25, 0.3) is 5.91 Å². The van der Waals surface area contributed by atoms with Crippen LogP contribution < -0.4 is 10.6 Å². The molecule has 0 radical (unpaired) electrons. The molecule has 3 rings (SSSR count). The van der Waals surface area contributed by atoms with Crippen molar-refractivity contribution in [3.05, 3.63) is 35.4 Å². The van der Waals surface area contributed by atoms with Crippen molar-refractivity contribution in [1.82, 2.24) is 10.6 Å². The van der Waals surface area contributed by atoms with Gasteiger partial charge >= 0.3 is 0 Å². The third kappa shape index (κ3) is 1.37. The van der Waals surface area contributed by atoms with Gasteiger partial charge in [-0.1, -0.05) is 24.3 Å². The molecule has 1 saturated heterocycles. The van der Waals surface area contributed by atoms with E-state index in [2.05, 4.69) is 21.7 Å². The molecular formula is C13H15N3O. The molecule has 1 fully saturated rings. The van der Waals surface area contributed by atoms with Gasteiger partial charge in [-0.15, -0.1) is 0 Å². The first-order valence-corrected chi connectivity index (χ1v) is 5.91. The average Bonchev–Trinajstić information content (AvgIpc) is 2.68. The molecule has 17 heavy (non-hydrogen) atoms. The number of aryl methyl sites for hydroxylation is 1. The fourth-order valence-electron chi connectivity index (χ4n) is 2.82. The SMILES string of the molecule is CN=C1NC(=O)C2(CCCc3ccccc32)N1. The number of fused-ring (bicyclic) bond motifs is 2. The van der Waals surface area contributed by atoms with Gasteiger partial charge in [-0.3, -0.25) is 15.1 Å². The predicted octanol–water partition coefficient (Wildman–Crippen LogP) is 0.923. The maximum Gasteiger partial charge on any atom is 0.257 e. The summed E-state index contributed by atoms with van der Waals surface area (Å²) in [6.45, 7) is 0. The van der Waals surface area contributed by atoms with Crippen molar-refractivity contribution >= 4 is 11.9 Å². The van der Waals surface area contributed by atoms with E-state index in [4.69, 9.17) is 0 Å². The summed E-state index contributed by atoms with van der Waals surface area (Å²) in [5.74, 6) is 0.594. The molecule has 1 spiro atoms. The van der Waals surface area contributed by atoms with Crippen molar-refractivity contribution in [3.63, 3.8) is 0 Å². The van der Waals surface area contributed by atoms with Crippen LogP contribution in [0.3, 0.4) is 0 Å². The minimum absolute atomic E-state index is 0.0188. The van der Waals surface area contributed by atoms with Crippen molar-refractivity contribution in [1.29, 1.82) is 0 Å². The summed E-state index contributed by atoms with van der Waals surface area (Å²) in [5.41, 5.74) is 1.77. The minimum atomic E-state index is -0.594. The van der Waals surface area contributed by atoms with Gasteiger partial charge in [-0.2, -0.15) is 0 Å². The number of aliphatic imine (C=N–C) groups is 1. The van der Waals surface area contributed by atoms with Crippen molar-refractivity contribution in [2.45, 2.75) is 24.8 Å². The Morgan fingerprint density at radius 3 is 2.94 bits per heavy atom. The number of nitrogens with zero attached hydrogens (tertiary/aromatic N) is 1. The van der Waals surface area contributed by atoms with Gasteiger partial charge in [-0.25, -0.2) is 0 Å². The monoisotopic (exact) mass is 229 g/mol. The maximum atomic E-state index is 12.2. The van der Waals surface area contributed by atoms with Crippen LogP contribution in [0.1, 0.15) is 24.0 Å². The van der Waals surface area contributed by atoms with Gasteiger partial charge < -0.3 is 5.32 Å². The van der Waals surface area contributed by atoms with Gasteiger partial charge in [0, 0.05) is 7.05 Å². The number of hydrogen-bond acceptors (Lipinski definition) is 2. The van der Waals surface area contributed by atoms with Crippen LogP contribution in [0.4, 0.5) is 0 Å². The van der Waals surface area contributed by atoms with Gasteiger partial charge in [-0.05, 0) is 30.4 Å². The van der Waals surface area contributed by atoms with Crippen LogP contribution in [0.25, 0.3) is 0 Å². The Balaban J connectivity index is 2.14. The Bertz CT molecular complexity index is 509. The molecule has 4 nitrogen and oxygen atoms in total. The van der Waals surface area contributed by atoms with Gasteiger partial charge in [0.1, 0.15) is 5.54 Å². The Labute approximate surface area is 100 Å². The molecule has 1 heterocycles. The van der Waals surface area contributed by atoms with E-state index in [1.165, 1.54) is 5.56 Å². The van der Waals surface area contributed by atoms with Gasteiger partial charge in [0.05, 0.1) is 0 Å². The molecule has 1 atom stereocenters. The molecule has 1 aliphatic heterocycles. The molecule has 1 amide bonds. The summed E-state index contributed by atoms with van der Waals surface area (Å²) >= 11 is 0. The number of nitrogens with one attached hydrogen (secondary N) is 2. The Hall–Kier alpha value is -1.84. The van der Waals surface area contributed by atoms with Crippen LogP contribution in [0.2, 0.25) is 0 Å². The summed E-state index contributed by atoms with van der Waals surface area (Å²) in [7, 11) is 1.68. The third-order valence-corrected chi connectivity index (χ3v) is 3.65. The maximum absolute atomic E-state index is 12.2. The Kier molecular flexibility index (Phi) is 2.18. The molecule has 1 aromatic carbocycles. The van der Waals surface area contributed by atoms with E-state index in [0.717, 1.165) is 24.8 Å². The van der Waals surface area contributed by atoms with Crippen molar-refractivity contribution in [2.24, 2.45) is 4.99 Å². The second-order valence-corrected chi connectivity index (χ2v) is 4.57. The molecular weight excluding hydrogens is 214 g/mol. The zero-order valence-electron chi connectivity index (χ0n) is 9.79. The number of benzene rings is 1. The van der Waals surface area contributed by atoms with E-state index in [9.17, 15) is 4.79 Å². The number of rotatable bonds is 0. The lowest BCUT2D eigenvalue weighted by Crippen LogP contribution is -2.46. The molecule has 2 aliphatic rings. The van der Waals surface area contributed by atoms with Crippen LogP contribution in [-0.2, 0) is 16.8 Å². The van der Waals surface area contributed by atoms with Gasteiger partial charge in [0.2, 0.25) is 0 Å². The first kappa shape index (κ1) is 10.3. The molecule has 1 unspecified atom stereocenters. The summed E-state index contributed by atoms with van der Waals surface area (Å²) in [4.78, 5) is 16.3. The largest absolute Gasteiger partial charge is 0.338 e. The first-order valence-electron chi connectivity index (χ1n) is 5.91. The van der Waals surface area contributed by atoms with Crippen LogP contribution >= 0.6 is 0 Å². The van der Waals surface area contributed by atoms with Crippen molar-refractivity contribution in [3.8, 4) is 0 Å². The summed E-state index contributed by atoms with van der Waals surface area (Å²) < 4.78 is 0. The molecule has 2 N–H and O–H groups in total. The number of carbonyl (C=O) groups excluding carboxylic acids is 1. The van der Waals surface area contributed by atoms with Crippen LogP contribution in [0.5, 0.6) is 0 Å².